The lowest BCUT2D eigenvalue weighted by Crippen LogP contribution is -2.49. The molecule has 2 heterocycles. The van der Waals surface area contributed by atoms with E-state index in [0.717, 1.165) is 19.3 Å². The lowest BCUT2D eigenvalue weighted by Gasteiger charge is -2.37. The van der Waals surface area contributed by atoms with Crippen molar-refractivity contribution in [1.82, 2.24) is 9.80 Å². The van der Waals surface area contributed by atoms with Gasteiger partial charge in [0, 0.05) is 37.7 Å². The molecule has 0 unspecified atom stereocenters. The molecule has 3 aliphatic rings. The van der Waals surface area contributed by atoms with Crippen LogP contribution in [0, 0.1) is 17.2 Å². The topological polar surface area (TPSA) is 49.9 Å². The number of likely N-dealkylation sites (tertiary alicyclic amines) is 1. The second-order valence-corrected chi connectivity index (χ2v) is 8.42. The first-order chi connectivity index (χ1) is 12.9. The van der Waals surface area contributed by atoms with Crippen molar-refractivity contribution in [3.05, 3.63) is 35.6 Å². The summed E-state index contributed by atoms with van der Waals surface area (Å²) >= 11 is 0. The fraction of sp³-hybridized carbons (Fsp3) is 0.619. The predicted molar refractivity (Wildman–Crippen MR) is 98.7 cm³/mol. The smallest absolute Gasteiger partial charge is 0.253 e. The number of carbonyl (C=O) groups is 2. The Bertz CT molecular complexity index is 717. The fourth-order valence-electron chi connectivity index (χ4n) is 4.76. The highest BCUT2D eigenvalue weighted by Crippen LogP contribution is 2.60. The number of benzene rings is 1. The molecule has 1 aliphatic carbocycles. The van der Waals surface area contributed by atoms with Gasteiger partial charge in [0.15, 0.2) is 0 Å². The molecule has 1 spiro atoms. The van der Waals surface area contributed by atoms with Crippen LogP contribution in [0.5, 0.6) is 0 Å². The summed E-state index contributed by atoms with van der Waals surface area (Å²) in [5.41, 5.74) is 0.591. The lowest BCUT2D eigenvalue weighted by molar-refractivity contribution is -0.145. The summed E-state index contributed by atoms with van der Waals surface area (Å²) in [6.45, 7) is 6.69. The Labute approximate surface area is 159 Å². The van der Waals surface area contributed by atoms with Gasteiger partial charge in [-0.1, -0.05) is 0 Å². The molecule has 0 radical (unpaired) electrons. The summed E-state index contributed by atoms with van der Waals surface area (Å²) in [4.78, 5) is 29.3. The fourth-order valence-corrected chi connectivity index (χ4v) is 4.76. The molecule has 2 saturated heterocycles. The molecule has 2 aliphatic heterocycles. The third kappa shape index (κ3) is 3.59. The predicted octanol–water partition coefficient (Wildman–Crippen LogP) is 2.70. The number of piperidine rings is 1. The number of morpholine rings is 1. The van der Waals surface area contributed by atoms with E-state index in [2.05, 4.69) is 0 Å². The zero-order chi connectivity index (χ0) is 19.2. The SMILES string of the molecule is C[C@@H]1CN(C(=O)[C@@H]2CC23CCN(C(=O)c2ccc(F)cc2)CC3)C[C@H](C)O1. The third-order valence-electron chi connectivity index (χ3n) is 6.36. The van der Waals surface area contributed by atoms with Crippen LogP contribution in [0.4, 0.5) is 4.39 Å². The van der Waals surface area contributed by atoms with Crippen LogP contribution in [0.3, 0.4) is 0 Å². The highest BCUT2D eigenvalue weighted by atomic mass is 19.1. The monoisotopic (exact) mass is 374 g/mol. The van der Waals surface area contributed by atoms with E-state index in [9.17, 15) is 14.0 Å². The van der Waals surface area contributed by atoms with Crippen molar-refractivity contribution in [2.75, 3.05) is 26.2 Å². The van der Waals surface area contributed by atoms with Gasteiger partial charge < -0.3 is 14.5 Å². The molecule has 0 N–H and O–H groups in total. The van der Waals surface area contributed by atoms with E-state index in [1.54, 1.807) is 0 Å². The quantitative estimate of drug-likeness (QED) is 0.800. The molecule has 4 rings (SSSR count). The molecule has 27 heavy (non-hydrogen) atoms. The first kappa shape index (κ1) is 18.4. The van der Waals surface area contributed by atoms with Crippen molar-refractivity contribution < 1.29 is 18.7 Å². The highest BCUT2D eigenvalue weighted by Gasteiger charge is 2.59. The van der Waals surface area contributed by atoms with Crippen molar-refractivity contribution in [2.45, 2.75) is 45.3 Å². The van der Waals surface area contributed by atoms with E-state index in [0.29, 0.717) is 31.7 Å². The van der Waals surface area contributed by atoms with E-state index in [1.807, 2.05) is 23.6 Å². The second-order valence-electron chi connectivity index (χ2n) is 8.42. The maximum Gasteiger partial charge on any atom is 0.253 e. The average molecular weight is 374 g/mol. The van der Waals surface area contributed by atoms with Gasteiger partial charge in [-0.05, 0) is 62.8 Å². The van der Waals surface area contributed by atoms with Gasteiger partial charge in [-0.2, -0.15) is 0 Å². The molecule has 5 nitrogen and oxygen atoms in total. The van der Waals surface area contributed by atoms with Crippen molar-refractivity contribution >= 4 is 11.8 Å². The van der Waals surface area contributed by atoms with E-state index >= 15 is 0 Å². The van der Waals surface area contributed by atoms with E-state index in [1.165, 1.54) is 24.3 Å². The number of halogens is 1. The Balaban J connectivity index is 1.34. The summed E-state index contributed by atoms with van der Waals surface area (Å²) in [5.74, 6) is -0.0344. The minimum Gasteiger partial charge on any atom is -0.372 e. The minimum absolute atomic E-state index is 0.0517. The summed E-state index contributed by atoms with van der Waals surface area (Å²) in [5, 5.41) is 0. The van der Waals surface area contributed by atoms with Crippen LogP contribution in [-0.2, 0) is 9.53 Å². The van der Waals surface area contributed by atoms with E-state index in [-0.39, 0.29) is 41.2 Å². The Morgan fingerprint density at radius 3 is 2.22 bits per heavy atom. The molecule has 1 aromatic rings. The number of hydrogen-bond donors (Lipinski definition) is 0. The Morgan fingerprint density at radius 2 is 1.63 bits per heavy atom. The Hall–Kier alpha value is -1.95. The minimum atomic E-state index is -0.338. The third-order valence-corrected chi connectivity index (χ3v) is 6.36. The maximum atomic E-state index is 13.1. The molecular formula is C21H27FN2O3. The van der Waals surface area contributed by atoms with Gasteiger partial charge >= 0.3 is 0 Å². The van der Waals surface area contributed by atoms with Crippen molar-refractivity contribution in [2.24, 2.45) is 11.3 Å². The Kier molecular flexibility index (Phi) is 4.70. The molecule has 1 aromatic carbocycles. The molecular weight excluding hydrogens is 347 g/mol. The van der Waals surface area contributed by atoms with Gasteiger partial charge in [-0.15, -0.1) is 0 Å². The van der Waals surface area contributed by atoms with Crippen LogP contribution >= 0.6 is 0 Å². The van der Waals surface area contributed by atoms with Crippen molar-refractivity contribution in [1.29, 1.82) is 0 Å². The molecule has 1 saturated carbocycles. The van der Waals surface area contributed by atoms with Crippen LogP contribution in [0.25, 0.3) is 0 Å². The van der Waals surface area contributed by atoms with E-state index < -0.39 is 0 Å². The summed E-state index contributed by atoms with van der Waals surface area (Å²) < 4.78 is 18.8. The summed E-state index contributed by atoms with van der Waals surface area (Å²) in [6.07, 6.45) is 2.84. The van der Waals surface area contributed by atoms with Gasteiger partial charge in [-0.3, -0.25) is 9.59 Å². The van der Waals surface area contributed by atoms with Gasteiger partial charge in [0.1, 0.15) is 5.82 Å². The number of carbonyl (C=O) groups excluding carboxylic acids is 2. The molecule has 146 valence electrons. The summed E-state index contributed by atoms with van der Waals surface area (Å²) in [7, 11) is 0. The molecule has 3 atom stereocenters. The zero-order valence-electron chi connectivity index (χ0n) is 16.0. The van der Waals surface area contributed by atoms with Gasteiger partial charge in [0.05, 0.1) is 12.2 Å². The van der Waals surface area contributed by atoms with Crippen LogP contribution in [0.2, 0.25) is 0 Å². The first-order valence-electron chi connectivity index (χ1n) is 9.87. The Morgan fingerprint density at radius 1 is 1.04 bits per heavy atom. The van der Waals surface area contributed by atoms with Gasteiger partial charge in [0.2, 0.25) is 5.91 Å². The summed E-state index contributed by atoms with van der Waals surface area (Å²) in [6, 6.07) is 5.70. The number of hydrogen-bond acceptors (Lipinski definition) is 3. The number of rotatable bonds is 2. The van der Waals surface area contributed by atoms with E-state index in [4.69, 9.17) is 4.74 Å². The van der Waals surface area contributed by atoms with Gasteiger partial charge in [0.25, 0.3) is 5.91 Å². The maximum absolute atomic E-state index is 13.1. The van der Waals surface area contributed by atoms with Crippen molar-refractivity contribution in [3.63, 3.8) is 0 Å². The number of amides is 2. The van der Waals surface area contributed by atoms with Crippen molar-refractivity contribution in [3.8, 4) is 0 Å². The van der Waals surface area contributed by atoms with Crippen LogP contribution < -0.4 is 0 Å². The standard InChI is InChI=1S/C21H27FN2O3/c1-14-12-24(13-15(2)27-14)20(26)18-11-21(18)7-9-23(10-8-21)19(25)16-3-5-17(22)6-4-16/h3-6,14-15,18H,7-13H2,1-2H3/t14-,15+,18-/m0/s1. The number of ether oxygens (including phenoxy) is 1. The van der Waals surface area contributed by atoms with Crippen LogP contribution in [-0.4, -0.2) is 60.0 Å². The van der Waals surface area contributed by atoms with Crippen LogP contribution in [0.15, 0.2) is 24.3 Å². The molecule has 0 aromatic heterocycles. The molecule has 0 bridgehead atoms. The zero-order valence-corrected chi connectivity index (χ0v) is 16.0. The normalized spacial score (nSPS) is 29.7. The second kappa shape index (κ2) is 6.89. The number of nitrogens with zero attached hydrogens (tertiary/aromatic N) is 2. The first-order valence-corrected chi connectivity index (χ1v) is 9.87. The highest BCUT2D eigenvalue weighted by molar-refractivity contribution is 5.94. The largest absolute Gasteiger partial charge is 0.372 e. The molecule has 6 heteroatoms. The lowest BCUT2D eigenvalue weighted by atomic mass is 9.90. The van der Waals surface area contributed by atoms with Gasteiger partial charge in [-0.25, -0.2) is 4.39 Å². The average Bonchev–Trinajstić information content (AvgIpc) is 3.34. The molecule has 2 amide bonds. The molecule has 3 fully saturated rings. The van der Waals surface area contributed by atoms with Crippen LogP contribution in [0.1, 0.15) is 43.5 Å².